The van der Waals surface area contributed by atoms with Gasteiger partial charge in [0.15, 0.2) is 12.4 Å². The van der Waals surface area contributed by atoms with Crippen LogP contribution in [-0.4, -0.2) is 10.8 Å². The molecule has 0 radical (unpaired) electrons. The lowest BCUT2D eigenvalue weighted by atomic mass is 10.1. The number of fused-ring (bicyclic) bond motifs is 1. The quantitative estimate of drug-likeness (QED) is 0.527. The van der Waals surface area contributed by atoms with Crippen LogP contribution < -0.4 is 4.57 Å². The molecule has 2 heterocycles. The molecule has 3 heteroatoms. The average Bonchev–Trinajstić information content (AvgIpc) is 2.47. The second-order valence-corrected chi connectivity index (χ2v) is 4.35. The molecule has 2 aromatic heterocycles. The molecule has 0 spiro atoms. The summed E-state index contributed by atoms with van der Waals surface area (Å²) >= 11 is 0. The van der Waals surface area contributed by atoms with Gasteiger partial charge in [0.1, 0.15) is 5.69 Å². The van der Waals surface area contributed by atoms with Crippen molar-refractivity contribution in [2.75, 3.05) is 0 Å². The van der Waals surface area contributed by atoms with Crippen molar-refractivity contribution in [3.05, 3.63) is 72.8 Å². The first kappa shape index (κ1) is 11.5. The number of rotatable bonds is 3. The van der Waals surface area contributed by atoms with Crippen LogP contribution in [0, 0.1) is 0 Å². The van der Waals surface area contributed by atoms with E-state index >= 15 is 0 Å². The number of pyridine rings is 2. The molecule has 0 atom stereocenters. The number of hydrogen-bond acceptors (Lipinski definition) is 2. The Labute approximate surface area is 111 Å². The Morgan fingerprint density at radius 3 is 2.63 bits per heavy atom. The van der Waals surface area contributed by atoms with Gasteiger partial charge in [0.2, 0.25) is 12.3 Å². The Balaban J connectivity index is 1.98. The number of aromatic nitrogens is 2. The van der Waals surface area contributed by atoms with E-state index in [-0.39, 0.29) is 5.78 Å². The predicted molar refractivity (Wildman–Crippen MR) is 72.7 cm³/mol. The van der Waals surface area contributed by atoms with E-state index in [4.69, 9.17) is 0 Å². The van der Waals surface area contributed by atoms with E-state index in [0.717, 1.165) is 10.8 Å². The van der Waals surface area contributed by atoms with Crippen molar-refractivity contribution in [3.63, 3.8) is 0 Å². The van der Waals surface area contributed by atoms with Crippen LogP contribution in [0.2, 0.25) is 0 Å². The normalized spacial score (nSPS) is 10.5. The van der Waals surface area contributed by atoms with E-state index in [1.807, 2.05) is 65.5 Å². The fourth-order valence-corrected chi connectivity index (χ4v) is 2.12. The lowest BCUT2D eigenvalue weighted by molar-refractivity contribution is -0.683. The van der Waals surface area contributed by atoms with Gasteiger partial charge < -0.3 is 0 Å². The molecule has 0 saturated heterocycles. The summed E-state index contributed by atoms with van der Waals surface area (Å²) in [4.78, 5) is 16.6. The summed E-state index contributed by atoms with van der Waals surface area (Å²) in [7, 11) is 0. The molecular formula is C16H13N2O+. The number of hydrogen-bond donors (Lipinski definition) is 0. The third kappa shape index (κ3) is 2.36. The van der Waals surface area contributed by atoms with Crippen molar-refractivity contribution in [3.8, 4) is 0 Å². The van der Waals surface area contributed by atoms with E-state index in [1.54, 1.807) is 6.20 Å². The summed E-state index contributed by atoms with van der Waals surface area (Å²) in [5, 5.41) is 1.95. The van der Waals surface area contributed by atoms with Crippen molar-refractivity contribution >= 4 is 16.6 Å². The predicted octanol–water partition coefficient (Wildman–Crippen LogP) is 2.41. The van der Waals surface area contributed by atoms with Gasteiger partial charge in [0, 0.05) is 23.7 Å². The van der Waals surface area contributed by atoms with E-state index in [0.29, 0.717) is 12.2 Å². The zero-order valence-corrected chi connectivity index (χ0v) is 10.4. The van der Waals surface area contributed by atoms with E-state index in [2.05, 4.69) is 4.98 Å². The standard InChI is InChI=1S/C16H13N2O/c19-15(12-18-10-4-1-5-11-18)16-14-7-3-2-6-13(14)8-9-17-16/h1-11H,12H2/q+1. The van der Waals surface area contributed by atoms with E-state index in [9.17, 15) is 4.79 Å². The molecule has 92 valence electrons. The minimum absolute atomic E-state index is 0.0213. The minimum atomic E-state index is 0.0213. The van der Waals surface area contributed by atoms with Crippen LogP contribution in [0.25, 0.3) is 10.8 Å². The van der Waals surface area contributed by atoms with Crippen molar-refractivity contribution < 1.29 is 9.36 Å². The summed E-state index contributed by atoms with van der Waals surface area (Å²) in [6.45, 7) is 0.307. The lowest BCUT2D eigenvalue weighted by Crippen LogP contribution is -2.37. The second-order valence-electron chi connectivity index (χ2n) is 4.35. The van der Waals surface area contributed by atoms with Gasteiger partial charge in [-0.05, 0) is 11.5 Å². The first-order valence-corrected chi connectivity index (χ1v) is 6.15. The van der Waals surface area contributed by atoms with Crippen LogP contribution in [0.1, 0.15) is 10.5 Å². The average molecular weight is 249 g/mol. The molecule has 3 aromatic rings. The summed E-state index contributed by atoms with van der Waals surface area (Å²) in [6.07, 6.45) is 5.44. The van der Waals surface area contributed by atoms with E-state index in [1.165, 1.54) is 0 Å². The van der Waals surface area contributed by atoms with Crippen LogP contribution >= 0.6 is 0 Å². The summed E-state index contributed by atoms with van der Waals surface area (Å²) in [6, 6.07) is 15.5. The Kier molecular flexibility index (Phi) is 3.02. The number of benzene rings is 1. The van der Waals surface area contributed by atoms with Crippen LogP contribution in [0.5, 0.6) is 0 Å². The molecule has 0 aliphatic rings. The highest BCUT2D eigenvalue weighted by Gasteiger charge is 2.15. The summed E-state index contributed by atoms with van der Waals surface area (Å²) in [5.41, 5.74) is 0.537. The molecule has 0 bridgehead atoms. The Bertz CT molecular complexity index is 718. The number of Topliss-reactive ketones (excluding diaryl/α,β-unsaturated/α-hetero) is 1. The Hall–Kier alpha value is -2.55. The van der Waals surface area contributed by atoms with Crippen molar-refractivity contribution in [1.82, 2.24) is 4.98 Å². The Morgan fingerprint density at radius 1 is 1.00 bits per heavy atom. The molecule has 3 rings (SSSR count). The molecule has 19 heavy (non-hydrogen) atoms. The van der Waals surface area contributed by atoms with Crippen molar-refractivity contribution in [2.24, 2.45) is 0 Å². The van der Waals surface area contributed by atoms with Gasteiger partial charge in [-0.25, -0.2) is 0 Å². The third-order valence-corrected chi connectivity index (χ3v) is 3.04. The van der Waals surface area contributed by atoms with Crippen molar-refractivity contribution in [2.45, 2.75) is 6.54 Å². The van der Waals surface area contributed by atoms with Gasteiger partial charge in [-0.15, -0.1) is 0 Å². The van der Waals surface area contributed by atoms with Gasteiger partial charge >= 0.3 is 0 Å². The SMILES string of the molecule is O=C(C[n+]1ccccc1)c1nccc2ccccc12. The van der Waals surface area contributed by atoms with Crippen LogP contribution in [0.3, 0.4) is 0 Å². The van der Waals surface area contributed by atoms with Crippen LogP contribution in [0.4, 0.5) is 0 Å². The minimum Gasteiger partial charge on any atom is -0.285 e. The second kappa shape index (κ2) is 4.98. The summed E-state index contributed by atoms with van der Waals surface area (Å²) in [5.74, 6) is 0.0213. The first-order chi connectivity index (χ1) is 9.34. The molecule has 1 aromatic carbocycles. The van der Waals surface area contributed by atoms with Gasteiger partial charge in [0.25, 0.3) is 0 Å². The summed E-state index contributed by atoms with van der Waals surface area (Å²) < 4.78 is 1.85. The maximum atomic E-state index is 12.3. The fraction of sp³-hybridized carbons (Fsp3) is 0.0625. The van der Waals surface area contributed by atoms with Crippen molar-refractivity contribution in [1.29, 1.82) is 0 Å². The van der Waals surface area contributed by atoms with Gasteiger partial charge in [-0.1, -0.05) is 30.3 Å². The van der Waals surface area contributed by atoms with Gasteiger partial charge in [-0.2, -0.15) is 4.57 Å². The highest BCUT2D eigenvalue weighted by atomic mass is 16.1. The zero-order valence-electron chi connectivity index (χ0n) is 10.4. The monoisotopic (exact) mass is 249 g/mol. The maximum Gasteiger partial charge on any atom is 0.246 e. The third-order valence-electron chi connectivity index (χ3n) is 3.04. The molecular weight excluding hydrogens is 236 g/mol. The van der Waals surface area contributed by atoms with E-state index < -0.39 is 0 Å². The van der Waals surface area contributed by atoms with Gasteiger partial charge in [0.05, 0.1) is 0 Å². The topological polar surface area (TPSA) is 33.8 Å². The highest BCUT2D eigenvalue weighted by molar-refractivity contribution is 6.05. The largest absolute Gasteiger partial charge is 0.285 e. The number of carbonyl (C=O) groups is 1. The van der Waals surface area contributed by atoms with Gasteiger partial charge in [-0.3, -0.25) is 9.78 Å². The fourth-order valence-electron chi connectivity index (χ4n) is 2.12. The Morgan fingerprint density at radius 2 is 1.79 bits per heavy atom. The molecule has 3 nitrogen and oxygen atoms in total. The van der Waals surface area contributed by atoms with Crippen LogP contribution in [0.15, 0.2) is 67.1 Å². The molecule has 0 N–H and O–H groups in total. The zero-order chi connectivity index (χ0) is 13.1. The maximum absolute atomic E-state index is 12.3. The van der Waals surface area contributed by atoms with Crippen LogP contribution in [-0.2, 0) is 6.54 Å². The lowest BCUT2D eigenvalue weighted by Gasteiger charge is -2.02. The number of ketones is 1. The molecule has 0 fully saturated rings. The molecule has 0 unspecified atom stereocenters. The number of nitrogens with zero attached hydrogens (tertiary/aromatic N) is 2. The molecule has 0 amide bonds. The molecule has 0 saturated carbocycles. The first-order valence-electron chi connectivity index (χ1n) is 6.15. The molecule has 0 aliphatic heterocycles. The highest BCUT2D eigenvalue weighted by Crippen LogP contribution is 2.16. The number of carbonyl (C=O) groups excluding carboxylic acids is 1. The molecule has 0 aliphatic carbocycles. The smallest absolute Gasteiger partial charge is 0.246 e.